The number of oxime groups is 1. The Labute approximate surface area is 73.7 Å². The maximum Gasteiger partial charge on any atom is 0.314 e. The van der Waals surface area contributed by atoms with Crippen LogP contribution < -0.4 is 5.32 Å². The highest BCUT2D eigenvalue weighted by atomic mass is 19.1. The third kappa shape index (κ3) is 2.55. The lowest BCUT2D eigenvalue weighted by molar-refractivity contribution is -0.111. The van der Waals surface area contributed by atoms with Gasteiger partial charge in [-0.2, -0.15) is 4.39 Å². The number of nitrogens with one attached hydrogen (secondary N) is 1. The summed E-state index contributed by atoms with van der Waals surface area (Å²) in [5, 5.41) is 12.2. The number of hydrogen-bond acceptors (Lipinski definition) is 3. The molecule has 13 heavy (non-hydrogen) atoms. The van der Waals surface area contributed by atoms with Crippen molar-refractivity contribution in [3.8, 4) is 0 Å². The summed E-state index contributed by atoms with van der Waals surface area (Å²) in [5.74, 6) is -2.54. The molecule has 0 heterocycles. The predicted octanol–water partition coefficient (Wildman–Crippen LogP) is 1.38. The van der Waals surface area contributed by atoms with Gasteiger partial charge in [-0.1, -0.05) is 23.4 Å². The van der Waals surface area contributed by atoms with Crippen molar-refractivity contribution >= 4 is 17.6 Å². The smallest absolute Gasteiger partial charge is 0.314 e. The molecule has 0 aliphatic carbocycles. The van der Waals surface area contributed by atoms with Crippen molar-refractivity contribution in [1.29, 1.82) is 0 Å². The van der Waals surface area contributed by atoms with Crippen LogP contribution in [0.5, 0.6) is 0 Å². The number of amides is 1. The Balaban J connectivity index is 2.66. The Bertz CT molecular complexity index is 324. The molecule has 1 amide bonds. The number of halogens is 1. The fourth-order valence-corrected chi connectivity index (χ4v) is 0.750. The zero-order valence-electron chi connectivity index (χ0n) is 6.57. The average molecular weight is 182 g/mol. The average Bonchev–Trinajstić information content (AvgIpc) is 2.18. The minimum absolute atomic E-state index is 0.436. The van der Waals surface area contributed by atoms with Gasteiger partial charge in [0.1, 0.15) is 0 Å². The Kier molecular flexibility index (Phi) is 2.97. The maximum absolute atomic E-state index is 12.3. The molecule has 0 saturated heterocycles. The highest BCUT2D eigenvalue weighted by Crippen LogP contribution is 2.04. The van der Waals surface area contributed by atoms with Crippen molar-refractivity contribution in [1.82, 2.24) is 0 Å². The van der Waals surface area contributed by atoms with Crippen molar-refractivity contribution < 1.29 is 14.4 Å². The van der Waals surface area contributed by atoms with Gasteiger partial charge < -0.3 is 10.5 Å². The topological polar surface area (TPSA) is 61.7 Å². The lowest BCUT2D eigenvalue weighted by Gasteiger charge is -2.00. The van der Waals surface area contributed by atoms with E-state index in [1.165, 1.54) is 0 Å². The van der Waals surface area contributed by atoms with E-state index in [0.717, 1.165) is 0 Å². The van der Waals surface area contributed by atoms with E-state index in [2.05, 4.69) is 10.5 Å². The molecule has 4 nitrogen and oxygen atoms in total. The lowest BCUT2D eigenvalue weighted by atomic mass is 10.3. The summed E-state index contributed by atoms with van der Waals surface area (Å²) in [7, 11) is 0. The molecule has 0 atom stereocenters. The molecule has 0 aliphatic heterocycles. The number of hydrogen-bond donors (Lipinski definition) is 2. The van der Waals surface area contributed by atoms with Crippen LogP contribution in [0.1, 0.15) is 0 Å². The van der Waals surface area contributed by atoms with E-state index < -0.39 is 11.9 Å². The van der Waals surface area contributed by atoms with E-state index >= 15 is 0 Å². The molecule has 0 bridgehead atoms. The first-order valence-corrected chi connectivity index (χ1v) is 3.48. The van der Waals surface area contributed by atoms with Crippen LogP contribution in [0.15, 0.2) is 35.5 Å². The quantitative estimate of drug-likeness (QED) is 0.412. The Morgan fingerprint density at radius 1 is 1.38 bits per heavy atom. The normalized spacial score (nSPS) is 11.0. The van der Waals surface area contributed by atoms with Crippen molar-refractivity contribution in [2.24, 2.45) is 5.16 Å². The van der Waals surface area contributed by atoms with Crippen molar-refractivity contribution in [3.63, 3.8) is 0 Å². The van der Waals surface area contributed by atoms with Gasteiger partial charge in [-0.25, -0.2) is 0 Å². The molecule has 0 fully saturated rings. The van der Waals surface area contributed by atoms with Gasteiger partial charge in [0.2, 0.25) is 0 Å². The summed E-state index contributed by atoms with van der Waals surface area (Å²) < 4.78 is 12.3. The van der Waals surface area contributed by atoms with Gasteiger partial charge in [-0.3, -0.25) is 4.79 Å². The van der Waals surface area contributed by atoms with Crippen molar-refractivity contribution in [2.45, 2.75) is 0 Å². The predicted molar refractivity (Wildman–Crippen MR) is 45.4 cm³/mol. The van der Waals surface area contributed by atoms with Gasteiger partial charge >= 0.3 is 11.9 Å². The number of benzene rings is 1. The fraction of sp³-hybridized carbons (Fsp3) is 0. The van der Waals surface area contributed by atoms with E-state index in [0.29, 0.717) is 5.69 Å². The largest absolute Gasteiger partial charge is 0.408 e. The van der Waals surface area contributed by atoms with E-state index in [4.69, 9.17) is 5.21 Å². The number of nitrogens with zero attached hydrogens (tertiary/aromatic N) is 1. The summed E-state index contributed by atoms with van der Waals surface area (Å²) in [4.78, 5) is 10.8. The van der Waals surface area contributed by atoms with Crippen LogP contribution in [0.25, 0.3) is 0 Å². The van der Waals surface area contributed by atoms with E-state index in [-0.39, 0.29) is 0 Å². The van der Waals surface area contributed by atoms with Crippen LogP contribution in [0.4, 0.5) is 10.1 Å². The Hall–Kier alpha value is -1.91. The van der Waals surface area contributed by atoms with Gasteiger partial charge in [0.25, 0.3) is 0 Å². The molecule has 2 N–H and O–H groups in total. The Morgan fingerprint density at radius 3 is 2.54 bits per heavy atom. The number of carbonyl (C=O) groups excluding carboxylic acids is 1. The second-order valence-corrected chi connectivity index (χ2v) is 2.21. The molecule has 1 rings (SSSR count). The minimum Gasteiger partial charge on any atom is -0.408 e. The lowest BCUT2D eigenvalue weighted by Crippen LogP contribution is -2.18. The highest BCUT2D eigenvalue weighted by molar-refractivity contribution is 6.39. The van der Waals surface area contributed by atoms with Gasteiger partial charge in [-0.15, -0.1) is 0 Å². The maximum atomic E-state index is 12.3. The first-order valence-electron chi connectivity index (χ1n) is 3.48. The molecule has 0 radical (unpaired) electrons. The molecule has 5 heteroatoms. The number of carbonyl (C=O) groups is 1. The molecule has 1 aromatic carbocycles. The van der Waals surface area contributed by atoms with E-state index in [9.17, 15) is 9.18 Å². The van der Waals surface area contributed by atoms with Crippen LogP contribution in [-0.2, 0) is 4.79 Å². The molecular formula is C8H7FN2O2. The zero-order valence-corrected chi connectivity index (χ0v) is 6.57. The van der Waals surface area contributed by atoms with Gasteiger partial charge in [-0.05, 0) is 12.1 Å². The fourth-order valence-electron chi connectivity index (χ4n) is 0.750. The number of para-hydroxylation sites is 1. The summed E-state index contributed by atoms with van der Waals surface area (Å²) in [5.41, 5.74) is 0.436. The highest BCUT2D eigenvalue weighted by Gasteiger charge is 2.10. The van der Waals surface area contributed by atoms with Gasteiger partial charge in [0, 0.05) is 5.69 Å². The molecule has 68 valence electrons. The molecule has 0 saturated carbocycles. The van der Waals surface area contributed by atoms with Crippen LogP contribution in [-0.4, -0.2) is 17.1 Å². The van der Waals surface area contributed by atoms with Crippen LogP contribution in [0.2, 0.25) is 0 Å². The molecule has 0 aromatic heterocycles. The number of anilines is 1. The van der Waals surface area contributed by atoms with Crippen LogP contribution in [0, 0.1) is 0 Å². The molecule has 0 aliphatic rings. The second-order valence-electron chi connectivity index (χ2n) is 2.21. The van der Waals surface area contributed by atoms with Gasteiger partial charge in [0.05, 0.1) is 0 Å². The van der Waals surface area contributed by atoms with Crippen LogP contribution >= 0.6 is 0 Å². The van der Waals surface area contributed by atoms with Crippen LogP contribution in [0.3, 0.4) is 0 Å². The molecule has 1 aromatic rings. The SMILES string of the molecule is O=C(Nc1ccccc1)C(F)=NO. The minimum atomic E-state index is -1.47. The summed E-state index contributed by atoms with van der Waals surface area (Å²) in [6.45, 7) is 0. The second kappa shape index (κ2) is 4.20. The van der Waals surface area contributed by atoms with E-state index in [1.54, 1.807) is 30.3 Å². The molecule has 0 spiro atoms. The first-order chi connectivity index (χ1) is 6.24. The summed E-state index contributed by atoms with van der Waals surface area (Å²) >= 11 is 0. The summed E-state index contributed by atoms with van der Waals surface area (Å²) in [6.07, 6.45) is 0. The first kappa shape index (κ1) is 9.18. The van der Waals surface area contributed by atoms with E-state index in [1.807, 2.05) is 0 Å². The molecular weight excluding hydrogens is 175 g/mol. The van der Waals surface area contributed by atoms with Gasteiger partial charge in [0.15, 0.2) is 0 Å². The molecule has 0 unspecified atom stereocenters. The third-order valence-electron chi connectivity index (χ3n) is 1.31. The standard InChI is InChI=1S/C8H7FN2O2/c9-7(11-13)8(12)10-6-4-2-1-3-5-6/h1-5,13H,(H,10,12). The number of rotatable bonds is 2. The summed E-state index contributed by atoms with van der Waals surface area (Å²) in [6, 6.07) is 8.30. The Morgan fingerprint density at radius 2 is 2.00 bits per heavy atom. The third-order valence-corrected chi connectivity index (χ3v) is 1.31. The monoisotopic (exact) mass is 182 g/mol. The zero-order chi connectivity index (χ0) is 9.68. The van der Waals surface area contributed by atoms with Crippen molar-refractivity contribution in [2.75, 3.05) is 5.32 Å². The van der Waals surface area contributed by atoms with Crippen molar-refractivity contribution in [3.05, 3.63) is 30.3 Å².